The third-order valence-corrected chi connectivity index (χ3v) is 3.97. The Hall–Kier alpha value is -1.53. The molecule has 0 aromatic carbocycles. The summed E-state index contributed by atoms with van der Waals surface area (Å²) in [5, 5.41) is 9.62. The van der Waals surface area contributed by atoms with Gasteiger partial charge in [0.2, 0.25) is 0 Å². The van der Waals surface area contributed by atoms with Crippen molar-refractivity contribution >= 4 is 29.0 Å². The third-order valence-electron chi connectivity index (χ3n) is 2.73. The Labute approximate surface area is 119 Å². The number of hydrogen-bond donors (Lipinski definition) is 0. The van der Waals surface area contributed by atoms with Crippen LogP contribution in [0.25, 0.3) is 5.65 Å². The monoisotopic (exact) mass is 293 g/mol. The molecular formula is C12H12ClN5S. The molecule has 0 unspecified atom stereocenters. The number of hydrogen-bond acceptors (Lipinski definition) is 4. The zero-order chi connectivity index (χ0) is 13.2. The van der Waals surface area contributed by atoms with Gasteiger partial charge in [-0.3, -0.25) is 0 Å². The molecule has 0 spiro atoms. The van der Waals surface area contributed by atoms with Crippen molar-refractivity contribution in [3.05, 3.63) is 41.6 Å². The van der Waals surface area contributed by atoms with Gasteiger partial charge in [-0.05, 0) is 19.1 Å². The van der Waals surface area contributed by atoms with Crippen molar-refractivity contribution in [2.75, 3.05) is 0 Å². The van der Waals surface area contributed by atoms with E-state index >= 15 is 0 Å². The molecule has 0 aliphatic rings. The Morgan fingerprint density at radius 2 is 2.21 bits per heavy atom. The van der Waals surface area contributed by atoms with Gasteiger partial charge in [0.05, 0.1) is 10.7 Å². The van der Waals surface area contributed by atoms with Crippen molar-refractivity contribution in [1.82, 2.24) is 24.1 Å². The Bertz CT molecular complexity index is 705. The summed E-state index contributed by atoms with van der Waals surface area (Å²) in [5.41, 5.74) is 1.90. The summed E-state index contributed by atoms with van der Waals surface area (Å²) in [5.74, 6) is 0.762. The van der Waals surface area contributed by atoms with Crippen LogP contribution in [-0.2, 0) is 12.3 Å². The lowest BCUT2D eigenvalue weighted by molar-refractivity contribution is 0.681. The Morgan fingerprint density at radius 3 is 3.05 bits per heavy atom. The molecule has 3 aromatic rings. The van der Waals surface area contributed by atoms with Crippen LogP contribution in [0.15, 0.2) is 36.0 Å². The van der Waals surface area contributed by atoms with E-state index in [4.69, 9.17) is 11.6 Å². The van der Waals surface area contributed by atoms with Crippen LogP contribution in [0.2, 0.25) is 5.02 Å². The number of thioether (sulfide) groups is 1. The number of halogens is 1. The summed E-state index contributed by atoms with van der Waals surface area (Å²) >= 11 is 7.58. The van der Waals surface area contributed by atoms with Gasteiger partial charge >= 0.3 is 0 Å². The first-order valence-corrected chi connectivity index (χ1v) is 7.26. The Morgan fingerprint density at radius 1 is 1.32 bits per heavy atom. The Balaban J connectivity index is 1.78. The summed E-state index contributed by atoms with van der Waals surface area (Å²) < 4.78 is 3.94. The minimum atomic E-state index is 0.704. The molecule has 5 nitrogen and oxygen atoms in total. The second kappa shape index (κ2) is 5.22. The number of fused-ring (bicyclic) bond motifs is 1. The molecule has 19 heavy (non-hydrogen) atoms. The standard InChI is InChI=1S/C12H12ClN5S/c1-2-17-8-14-16-12(17)19-7-10-6-18-5-9(13)3-4-11(18)15-10/h3-6,8H,2,7H2,1H3. The van der Waals surface area contributed by atoms with Crippen molar-refractivity contribution in [2.24, 2.45) is 0 Å². The van der Waals surface area contributed by atoms with Crippen LogP contribution in [0.4, 0.5) is 0 Å². The minimum Gasteiger partial charge on any atom is -0.309 e. The second-order valence-corrected chi connectivity index (χ2v) is 5.41. The molecule has 3 heterocycles. The molecule has 0 atom stereocenters. The maximum Gasteiger partial charge on any atom is 0.191 e. The third kappa shape index (κ3) is 2.59. The number of imidazole rings is 1. The van der Waals surface area contributed by atoms with Gasteiger partial charge in [0.25, 0.3) is 0 Å². The van der Waals surface area contributed by atoms with Crippen molar-refractivity contribution in [1.29, 1.82) is 0 Å². The lowest BCUT2D eigenvalue weighted by Gasteiger charge is -2.00. The molecule has 0 fully saturated rings. The van der Waals surface area contributed by atoms with Crippen LogP contribution in [0, 0.1) is 0 Å². The molecule has 0 saturated heterocycles. The maximum atomic E-state index is 5.95. The molecule has 3 rings (SSSR count). The molecule has 0 saturated carbocycles. The molecule has 0 aliphatic carbocycles. The highest BCUT2D eigenvalue weighted by Gasteiger charge is 2.07. The van der Waals surface area contributed by atoms with Crippen LogP contribution in [0.5, 0.6) is 0 Å². The number of pyridine rings is 1. The van der Waals surface area contributed by atoms with Crippen molar-refractivity contribution in [3.63, 3.8) is 0 Å². The highest BCUT2D eigenvalue weighted by atomic mass is 35.5. The lowest BCUT2D eigenvalue weighted by atomic mass is 10.5. The average Bonchev–Trinajstić information content (AvgIpc) is 3.01. The second-order valence-electron chi connectivity index (χ2n) is 4.03. The molecule has 0 aliphatic heterocycles. The summed E-state index contributed by atoms with van der Waals surface area (Å²) in [6.45, 7) is 2.94. The predicted octanol–water partition coefficient (Wildman–Crippen LogP) is 2.89. The number of rotatable bonds is 4. The molecule has 7 heteroatoms. The van der Waals surface area contributed by atoms with Gasteiger partial charge in [-0.15, -0.1) is 10.2 Å². The zero-order valence-electron chi connectivity index (χ0n) is 10.3. The summed E-state index contributed by atoms with van der Waals surface area (Å²) in [6, 6.07) is 3.75. The first kappa shape index (κ1) is 12.5. The lowest BCUT2D eigenvalue weighted by Crippen LogP contribution is -1.94. The van der Waals surface area contributed by atoms with Gasteiger partial charge < -0.3 is 8.97 Å². The Kier molecular flexibility index (Phi) is 3.44. The quantitative estimate of drug-likeness (QED) is 0.694. The van der Waals surface area contributed by atoms with Crippen molar-refractivity contribution < 1.29 is 0 Å². The van der Waals surface area contributed by atoms with Crippen LogP contribution >= 0.6 is 23.4 Å². The molecule has 0 N–H and O–H groups in total. The van der Waals surface area contributed by atoms with Crippen LogP contribution in [0.1, 0.15) is 12.6 Å². The summed E-state index contributed by atoms with van der Waals surface area (Å²) in [7, 11) is 0. The van der Waals surface area contributed by atoms with Crippen molar-refractivity contribution in [2.45, 2.75) is 24.4 Å². The average molecular weight is 294 g/mol. The molecule has 98 valence electrons. The van der Waals surface area contributed by atoms with Crippen LogP contribution < -0.4 is 0 Å². The first-order valence-electron chi connectivity index (χ1n) is 5.90. The van der Waals surface area contributed by atoms with E-state index in [1.165, 1.54) is 0 Å². The van der Waals surface area contributed by atoms with E-state index in [0.717, 1.165) is 28.8 Å². The van der Waals surface area contributed by atoms with E-state index in [2.05, 4.69) is 22.1 Å². The summed E-state index contributed by atoms with van der Waals surface area (Å²) in [4.78, 5) is 4.53. The van der Waals surface area contributed by atoms with Gasteiger partial charge in [0.15, 0.2) is 5.16 Å². The SMILES string of the molecule is CCn1cnnc1SCc1cn2cc(Cl)ccc2n1. The van der Waals surface area contributed by atoms with E-state index in [0.29, 0.717) is 5.02 Å². The first-order chi connectivity index (χ1) is 9.26. The van der Waals surface area contributed by atoms with Gasteiger partial charge in [-0.2, -0.15) is 0 Å². The van der Waals surface area contributed by atoms with E-state index in [9.17, 15) is 0 Å². The minimum absolute atomic E-state index is 0.704. The molecule has 0 bridgehead atoms. The predicted molar refractivity (Wildman–Crippen MR) is 75.5 cm³/mol. The fraction of sp³-hybridized carbons (Fsp3) is 0.250. The molecule has 3 aromatic heterocycles. The maximum absolute atomic E-state index is 5.95. The highest BCUT2D eigenvalue weighted by molar-refractivity contribution is 7.98. The van der Waals surface area contributed by atoms with Crippen LogP contribution in [0.3, 0.4) is 0 Å². The normalized spacial score (nSPS) is 11.3. The van der Waals surface area contributed by atoms with E-state index in [1.807, 2.05) is 33.5 Å². The fourth-order valence-electron chi connectivity index (χ4n) is 1.80. The number of aromatic nitrogens is 5. The zero-order valence-corrected chi connectivity index (χ0v) is 11.9. The van der Waals surface area contributed by atoms with Gasteiger partial charge in [-0.1, -0.05) is 23.4 Å². The van der Waals surface area contributed by atoms with Gasteiger partial charge in [0, 0.05) is 24.7 Å². The van der Waals surface area contributed by atoms with E-state index in [1.54, 1.807) is 18.1 Å². The number of aryl methyl sites for hydroxylation is 1. The smallest absolute Gasteiger partial charge is 0.191 e. The van der Waals surface area contributed by atoms with Gasteiger partial charge in [0.1, 0.15) is 12.0 Å². The molecular weight excluding hydrogens is 282 g/mol. The number of nitrogens with zero attached hydrogens (tertiary/aromatic N) is 5. The molecule has 0 amide bonds. The highest BCUT2D eigenvalue weighted by Crippen LogP contribution is 2.21. The van der Waals surface area contributed by atoms with Crippen molar-refractivity contribution in [3.8, 4) is 0 Å². The van der Waals surface area contributed by atoms with E-state index in [-0.39, 0.29) is 0 Å². The summed E-state index contributed by atoms with van der Waals surface area (Å²) in [6.07, 6.45) is 5.58. The largest absolute Gasteiger partial charge is 0.309 e. The topological polar surface area (TPSA) is 48.0 Å². The van der Waals surface area contributed by atoms with Crippen LogP contribution in [-0.4, -0.2) is 24.1 Å². The van der Waals surface area contributed by atoms with Gasteiger partial charge in [-0.25, -0.2) is 4.98 Å². The van der Waals surface area contributed by atoms with E-state index < -0.39 is 0 Å². The fourth-order valence-corrected chi connectivity index (χ4v) is 2.83. The molecule has 0 radical (unpaired) electrons.